The van der Waals surface area contributed by atoms with Gasteiger partial charge < -0.3 is 10.2 Å². The second-order valence-corrected chi connectivity index (χ2v) is 3.73. The van der Waals surface area contributed by atoms with E-state index in [1.807, 2.05) is 12.1 Å². The van der Waals surface area contributed by atoms with Crippen molar-refractivity contribution >= 4 is 5.69 Å². The summed E-state index contributed by atoms with van der Waals surface area (Å²) >= 11 is 0. The van der Waals surface area contributed by atoms with E-state index < -0.39 is 0 Å². The summed E-state index contributed by atoms with van der Waals surface area (Å²) in [5.74, 6) is 5.31. The van der Waals surface area contributed by atoms with E-state index in [4.69, 9.17) is 10.6 Å². The molecule has 1 heterocycles. The lowest BCUT2D eigenvalue weighted by molar-refractivity contribution is 0.0342. The summed E-state index contributed by atoms with van der Waals surface area (Å²) in [6.45, 7) is 4.74. The first kappa shape index (κ1) is 10.4. The third-order valence-corrected chi connectivity index (χ3v) is 2.63. The number of ether oxygens (including phenoxy) is 1. The van der Waals surface area contributed by atoms with Gasteiger partial charge in [0.2, 0.25) is 0 Å². The average Bonchev–Trinajstić information content (AvgIpc) is 2.31. The molecule has 0 radical (unpaired) electrons. The van der Waals surface area contributed by atoms with Crippen LogP contribution in [0, 0.1) is 0 Å². The standard InChI is InChI=1S/C11H17N3O/c12-13-11-3-1-10(2-4-11)9-14-5-7-15-8-6-14/h1-4,13H,5-9,12H2. The second-order valence-electron chi connectivity index (χ2n) is 3.73. The van der Waals surface area contributed by atoms with Crippen molar-refractivity contribution in [2.24, 2.45) is 5.84 Å². The number of nitrogens with one attached hydrogen (secondary N) is 1. The van der Waals surface area contributed by atoms with Gasteiger partial charge in [0.05, 0.1) is 13.2 Å². The summed E-state index contributed by atoms with van der Waals surface area (Å²) in [6.07, 6.45) is 0. The number of nitrogens with zero attached hydrogens (tertiary/aromatic N) is 1. The number of hydrogen-bond acceptors (Lipinski definition) is 4. The fourth-order valence-corrected chi connectivity index (χ4v) is 1.72. The normalized spacial score (nSPS) is 17.7. The molecule has 0 spiro atoms. The molecule has 82 valence electrons. The smallest absolute Gasteiger partial charge is 0.0594 e. The van der Waals surface area contributed by atoms with Crippen LogP contribution in [0.15, 0.2) is 24.3 Å². The Labute approximate surface area is 90.0 Å². The Hall–Kier alpha value is -1.10. The molecule has 3 N–H and O–H groups in total. The van der Waals surface area contributed by atoms with Crippen LogP contribution in [-0.4, -0.2) is 31.2 Å². The van der Waals surface area contributed by atoms with Crippen molar-refractivity contribution in [3.05, 3.63) is 29.8 Å². The predicted molar refractivity (Wildman–Crippen MR) is 60.3 cm³/mol. The molecule has 1 aromatic carbocycles. The fraction of sp³-hybridized carbons (Fsp3) is 0.455. The summed E-state index contributed by atoms with van der Waals surface area (Å²) in [4.78, 5) is 2.40. The first-order valence-electron chi connectivity index (χ1n) is 5.24. The molecule has 1 aromatic rings. The third-order valence-electron chi connectivity index (χ3n) is 2.63. The Bertz CT molecular complexity index is 293. The van der Waals surface area contributed by atoms with Gasteiger partial charge in [-0.15, -0.1) is 0 Å². The number of anilines is 1. The number of rotatable bonds is 3. The zero-order valence-corrected chi connectivity index (χ0v) is 8.78. The number of hydrazine groups is 1. The van der Waals surface area contributed by atoms with E-state index in [2.05, 4.69) is 22.5 Å². The highest BCUT2D eigenvalue weighted by Gasteiger charge is 2.10. The van der Waals surface area contributed by atoms with Crippen LogP contribution in [0.25, 0.3) is 0 Å². The van der Waals surface area contributed by atoms with Gasteiger partial charge in [-0.3, -0.25) is 10.7 Å². The Morgan fingerprint density at radius 1 is 1.20 bits per heavy atom. The molecular formula is C11H17N3O. The molecule has 0 saturated carbocycles. The maximum absolute atomic E-state index is 5.31. The highest BCUT2D eigenvalue weighted by molar-refractivity contribution is 5.43. The van der Waals surface area contributed by atoms with Crippen LogP contribution in [0.4, 0.5) is 5.69 Å². The molecule has 0 bridgehead atoms. The van der Waals surface area contributed by atoms with Gasteiger partial charge in [-0.1, -0.05) is 12.1 Å². The highest BCUT2D eigenvalue weighted by Crippen LogP contribution is 2.11. The molecule has 0 unspecified atom stereocenters. The highest BCUT2D eigenvalue weighted by atomic mass is 16.5. The van der Waals surface area contributed by atoms with Crippen LogP contribution in [0.1, 0.15) is 5.56 Å². The van der Waals surface area contributed by atoms with Gasteiger partial charge in [-0.25, -0.2) is 0 Å². The lowest BCUT2D eigenvalue weighted by Crippen LogP contribution is -2.35. The van der Waals surface area contributed by atoms with Crippen molar-refractivity contribution in [2.75, 3.05) is 31.7 Å². The number of nitrogen functional groups attached to an aromatic ring is 1. The summed E-state index contributed by atoms with van der Waals surface area (Å²) in [6, 6.07) is 8.20. The van der Waals surface area contributed by atoms with E-state index in [1.165, 1.54) is 5.56 Å². The van der Waals surface area contributed by atoms with Crippen LogP contribution < -0.4 is 11.3 Å². The second kappa shape index (κ2) is 5.11. The van der Waals surface area contributed by atoms with Crippen molar-refractivity contribution in [2.45, 2.75) is 6.54 Å². The maximum atomic E-state index is 5.31. The summed E-state index contributed by atoms with van der Waals surface area (Å²) < 4.78 is 5.31. The van der Waals surface area contributed by atoms with Crippen LogP contribution in [0.3, 0.4) is 0 Å². The van der Waals surface area contributed by atoms with Gasteiger partial charge in [0, 0.05) is 25.3 Å². The Morgan fingerprint density at radius 3 is 2.47 bits per heavy atom. The third kappa shape index (κ3) is 2.92. The SMILES string of the molecule is NNc1ccc(CN2CCOCC2)cc1. The van der Waals surface area contributed by atoms with Crippen LogP contribution >= 0.6 is 0 Å². The van der Waals surface area contributed by atoms with E-state index in [-0.39, 0.29) is 0 Å². The lowest BCUT2D eigenvalue weighted by atomic mass is 10.2. The molecule has 2 rings (SSSR count). The van der Waals surface area contributed by atoms with Gasteiger partial charge in [-0.2, -0.15) is 0 Å². The Kier molecular flexibility index (Phi) is 3.55. The van der Waals surface area contributed by atoms with E-state index in [0.29, 0.717) is 0 Å². The Balaban J connectivity index is 1.91. The molecule has 1 aliphatic rings. The van der Waals surface area contributed by atoms with Crippen molar-refractivity contribution in [1.29, 1.82) is 0 Å². The number of morpholine rings is 1. The van der Waals surface area contributed by atoms with Gasteiger partial charge in [0.25, 0.3) is 0 Å². The monoisotopic (exact) mass is 207 g/mol. The zero-order valence-electron chi connectivity index (χ0n) is 8.78. The molecule has 15 heavy (non-hydrogen) atoms. The number of hydrogen-bond donors (Lipinski definition) is 2. The minimum Gasteiger partial charge on any atom is -0.379 e. The predicted octanol–water partition coefficient (Wildman–Crippen LogP) is 0.804. The topological polar surface area (TPSA) is 50.5 Å². The molecule has 1 aliphatic heterocycles. The average molecular weight is 207 g/mol. The number of benzene rings is 1. The molecule has 1 fully saturated rings. The van der Waals surface area contributed by atoms with Gasteiger partial charge in [0.15, 0.2) is 0 Å². The van der Waals surface area contributed by atoms with E-state index in [0.717, 1.165) is 38.5 Å². The van der Waals surface area contributed by atoms with Gasteiger partial charge >= 0.3 is 0 Å². The van der Waals surface area contributed by atoms with Gasteiger partial charge in [-0.05, 0) is 17.7 Å². The van der Waals surface area contributed by atoms with Crippen LogP contribution in [0.5, 0.6) is 0 Å². The van der Waals surface area contributed by atoms with Crippen molar-refractivity contribution in [3.8, 4) is 0 Å². The van der Waals surface area contributed by atoms with Crippen molar-refractivity contribution in [3.63, 3.8) is 0 Å². The molecule has 0 aromatic heterocycles. The molecule has 1 saturated heterocycles. The zero-order chi connectivity index (χ0) is 10.5. The Morgan fingerprint density at radius 2 is 1.87 bits per heavy atom. The summed E-state index contributed by atoms with van der Waals surface area (Å²) in [5, 5.41) is 0. The molecule has 0 atom stereocenters. The first-order chi connectivity index (χ1) is 7.38. The molecule has 0 amide bonds. The summed E-state index contributed by atoms with van der Waals surface area (Å²) in [5.41, 5.74) is 4.88. The van der Waals surface area contributed by atoms with E-state index in [1.54, 1.807) is 0 Å². The minimum atomic E-state index is 0.850. The quantitative estimate of drug-likeness (QED) is 0.569. The first-order valence-corrected chi connectivity index (χ1v) is 5.24. The fourth-order valence-electron chi connectivity index (χ4n) is 1.72. The van der Waals surface area contributed by atoms with Crippen LogP contribution in [0.2, 0.25) is 0 Å². The van der Waals surface area contributed by atoms with Crippen LogP contribution in [-0.2, 0) is 11.3 Å². The largest absolute Gasteiger partial charge is 0.379 e. The summed E-state index contributed by atoms with van der Waals surface area (Å²) in [7, 11) is 0. The molecule has 4 nitrogen and oxygen atoms in total. The maximum Gasteiger partial charge on any atom is 0.0594 e. The van der Waals surface area contributed by atoms with E-state index in [9.17, 15) is 0 Å². The van der Waals surface area contributed by atoms with Crippen molar-refractivity contribution < 1.29 is 4.74 Å². The number of nitrogens with two attached hydrogens (primary N) is 1. The molecule has 4 heteroatoms. The minimum absolute atomic E-state index is 0.850. The lowest BCUT2D eigenvalue weighted by Gasteiger charge is -2.26. The molecule has 0 aliphatic carbocycles. The van der Waals surface area contributed by atoms with Gasteiger partial charge in [0.1, 0.15) is 0 Å². The van der Waals surface area contributed by atoms with Crippen molar-refractivity contribution in [1.82, 2.24) is 4.90 Å². The van der Waals surface area contributed by atoms with E-state index >= 15 is 0 Å². The molecular weight excluding hydrogens is 190 g/mol.